The molecule has 0 heterocycles. The monoisotopic (exact) mass is 371 g/mol. The number of nitrogens with one attached hydrogen (secondary N) is 1. The minimum absolute atomic E-state index is 0.0375. The molecule has 0 bridgehead atoms. The molecule has 0 aromatic carbocycles. The molecule has 0 radical (unpaired) electrons. The van der Waals surface area contributed by atoms with Crippen LogP contribution in [0.2, 0.25) is 0 Å². The van der Waals surface area contributed by atoms with Crippen LogP contribution in [0.4, 0.5) is 0 Å². The number of carbonyl (C=O) groups is 2. The van der Waals surface area contributed by atoms with Crippen molar-refractivity contribution in [2.45, 2.75) is 83.1 Å². The molecule has 0 aliphatic rings. The van der Waals surface area contributed by atoms with Gasteiger partial charge in [-0.1, -0.05) is 44.9 Å². The van der Waals surface area contributed by atoms with E-state index in [4.69, 9.17) is 17.2 Å². The lowest BCUT2D eigenvalue weighted by Crippen LogP contribution is -2.37. The molecule has 0 aromatic rings. The number of primary amides is 1. The van der Waals surface area contributed by atoms with E-state index >= 15 is 0 Å². The van der Waals surface area contributed by atoms with Gasteiger partial charge < -0.3 is 27.6 Å². The van der Waals surface area contributed by atoms with Crippen LogP contribution in [0, 0.1) is 0 Å². The quantitative estimate of drug-likeness (QED) is 0.139. The summed E-state index contributed by atoms with van der Waals surface area (Å²) < 4.78 is 0. The van der Waals surface area contributed by atoms with Crippen LogP contribution in [0.15, 0.2) is 4.99 Å². The van der Waals surface area contributed by atoms with Gasteiger partial charge in [-0.3, -0.25) is 14.6 Å². The minimum Gasteiger partial charge on any atom is -0.480 e. The number of nitrogens with zero attached hydrogens (tertiary/aromatic N) is 1. The van der Waals surface area contributed by atoms with E-state index in [1.807, 2.05) is 0 Å². The Morgan fingerprint density at radius 3 is 1.88 bits per heavy atom. The van der Waals surface area contributed by atoms with Crippen molar-refractivity contribution in [3.63, 3.8) is 0 Å². The number of aliphatic carboxylic acids is 1. The standard InChI is InChI=1S/C18H37N5O3/c19-16(24)12-8-6-4-2-1-3-5-7-9-13-22-15(17(25)26)11-10-14-23-18(20)21/h15,22H,1-14H2,(H2,19,24)(H,25,26)(H4,20,21,23)/t15-/m0/s1. The van der Waals surface area contributed by atoms with Gasteiger partial charge in [0.25, 0.3) is 0 Å². The number of hydrogen-bond donors (Lipinski definition) is 5. The summed E-state index contributed by atoms with van der Waals surface area (Å²) in [6.45, 7) is 1.17. The molecule has 0 aromatic heterocycles. The van der Waals surface area contributed by atoms with Gasteiger partial charge in [-0.05, 0) is 32.2 Å². The Kier molecular flexibility index (Phi) is 15.5. The van der Waals surface area contributed by atoms with Gasteiger partial charge in [-0.15, -0.1) is 0 Å². The van der Waals surface area contributed by atoms with E-state index in [-0.39, 0.29) is 11.9 Å². The molecule has 1 amide bonds. The third-order valence-electron chi connectivity index (χ3n) is 4.23. The van der Waals surface area contributed by atoms with Gasteiger partial charge in [-0.25, -0.2) is 0 Å². The average molecular weight is 372 g/mol. The van der Waals surface area contributed by atoms with Crippen LogP contribution < -0.4 is 22.5 Å². The lowest BCUT2D eigenvalue weighted by molar-refractivity contribution is -0.139. The molecular weight excluding hydrogens is 334 g/mol. The van der Waals surface area contributed by atoms with Crippen LogP contribution >= 0.6 is 0 Å². The topological polar surface area (TPSA) is 157 Å². The normalized spacial score (nSPS) is 11.8. The van der Waals surface area contributed by atoms with E-state index in [1.54, 1.807) is 0 Å². The summed E-state index contributed by atoms with van der Waals surface area (Å²) in [5.74, 6) is -1.00. The number of unbranched alkanes of at least 4 members (excludes halogenated alkanes) is 8. The van der Waals surface area contributed by atoms with E-state index in [9.17, 15) is 14.7 Å². The van der Waals surface area contributed by atoms with Crippen molar-refractivity contribution in [1.29, 1.82) is 0 Å². The number of rotatable bonds is 18. The van der Waals surface area contributed by atoms with E-state index in [1.165, 1.54) is 25.7 Å². The van der Waals surface area contributed by atoms with Crippen molar-refractivity contribution >= 4 is 17.8 Å². The molecule has 26 heavy (non-hydrogen) atoms. The van der Waals surface area contributed by atoms with Crippen molar-refractivity contribution in [3.05, 3.63) is 0 Å². The zero-order chi connectivity index (χ0) is 19.6. The first-order chi connectivity index (χ1) is 12.4. The SMILES string of the molecule is NC(=O)CCCCCCCCCCCN[C@@H](CCCN=C(N)N)C(=O)O. The van der Waals surface area contributed by atoms with Crippen molar-refractivity contribution in [3.8, 4) is 0 Å². The maximum atomic E-state index is 11.2. The van der Waals surface area contributed by atoms with Gasteiger partial charge in [0.05, 0.1) is 0 Å². The lowest BCUT2D eigenvalue weighted by atomic mass is 10.1. The van der Waals surface area contributed by atoms with E-state index in [0.29, 0.717) is 32.4 Å². The second-order valence-corrected chi connectivity index (χ2v) is 6.69. The molecule has 0 saturated carbocycles. The highest BCUT2D eigenvalue weighted by molar-refractivity contribution is 5.75. The number of carboxylic acids is 1. The van der Waals surface area contributed by atoms with Gasteiger partial charge in [-0.2, -0.15) is 0 Å². The number of amides is 1. The number of nitrogens with two attached hydrogens (primary N) is 3. The molecule has 8 heteroatoms. The highest BCUT2D eigenvalue weighted by Gasteiger charge is 2.15. The molecule has 0 aliphatic carbocycles. The predicted octanol–water partition coefficient (Wildman–Crippen LogP) is 1.47. The molecule has 8 nitrogen and oxygen atoms in total. The largest absolute Gasteiger partial charge is 0.480 e. The summed E-state index contributed by atoms with van der Waals surface area (Å²) in [7, 11) is 0. The summed E-state index contributed by atoms with van der Waals surface area (Å²) in [5.41, 5.74) is 15.6. The van der Waals surface area contributed by atoms with E-state index in [2.05, 4.69) is 10.3 Å². The highest BCUT2D eigenvalue weighted by atomic mass is 16.4. The third kappa shape index (κ3) is 17.0. The molecule has 0 unspecified atom stereocenters. The summed E-state index contributed by atoms with van der Waals surface area (Å²) in [6, 6.07) is -0.537. The van der Waals surface area contributed by atoms with Gasteiger partial charge in [0.2, 0.25) is 5.91 Å². The molecule has 0 rings (SSSR count). The van der Waals surface area contributed by atoms with E-state index in [0.717, 1.165) is 32.1 Å². The van der Waals surface area contributed by atoms with Crippen LogP contribution in [0.3, 0.4) is 0 Å². The molecule has 0 fully saturated rings. The summed E-state index contributed by atoms with van der Waals surface area (Å²) in [4.78, 5) is 25.7. The summed E-state index contributed by atoms with van der Waals surface area (Å²) in [6.07, 6.45) is 11.7. The van der Waals surface area contributed by atoms with Crippen LogP contribution in [-0.2, 0) is 9.59 Å². The fraction of sp³-hybridized carbons (Fsp3) is 0.833. The molecule has 0 saturated heterocycles. The zero-order valence-electron chi connectivity index (χ0n) is 15.9. The molecule has 8 N–H and O–H groups in total. The van der Waals surface area contributed by atoms with Gasteiger partial charge in [0.15, 0.2) is 5.96 Å². The second-order valence-electron chi connectivity index (χ2n) is 6.69. The van der Waals surface area contributed by atoms with Crippen molar-refractivity contribution in [1.82, 2.24) is 5.32 Å². The fourth-order valence-electron chi connectivity index (χ4n) is 2.75. The number of carboxylic acid groups (broad SMARTS) is 1. The third-order valence-corrected chi connectivity index (χ3v) is 4.23. The Bertz CT molecular complexity index is 412. The number of guanidine groups is 1. The molecule has 0 spiro atoms. The zero-order valence-corrected chi connectivity index (χ0v) is 15.9. The van der Waals surface area contributed by atoms with Crippen molar-refractivity contribution in [2.24, 2.45) is 22.2 Å². The number of hydrogen-bond acceptors (Lipinski definition) is 4. The molecule has 1 atom stereocenters. The first kappa shape index (κ1) is 24.2. The Morgan fingerprint density at radius 1 is 0.846 bits per heavy atom. The van der Waals surface area contributed by atoms with Gasteiger partial charge in [0, 0.05) is 13.0 Å². The van der Waals surface area contributed by atoms with E-state index < -0.39 is 12.0 Å². The molecular formula is C18H37N5O3. The first-order valence-electron chi connectivity index (χ1n) is 9.73. The maximum Gasteiger partial charge on any atom is 0.320 e. The number of aliphatic imine (C=N–C) groups is 1. The Morgan fingerprint density at radius 2 is 1.38 bits per heavy atom. The van der Waals surface area contributed by atoms with Crippen LogP contribution in [-0.4, -0.2) is 42.1 Å². The smallest absolute Gasteiger partial charge is 0.320 e. The van der Waals surface area contributed by atoms with Gasteiger partial charge >= 0.3 is 5.97 Å². The Labute approximate surface area is 157 Å². The van der Waals surface area contributed by atoms with Crippen LogP contribution in [0.5, 0.6) is 0 Å². The maximum absolute atomic E-state index is 11.2. The van der Waals surface area contributed by atoms with Crippen LogP contribution in [0.25, 0.3) is 0 Å². The first-order valence-corrected chi connectivity index (χ1v) is 9.73. The average Bonchev–Trinajstić information content (AvgIpc) is 2.56. The highest BCUT2D eigenvalue weighted by Crippen LogP contribution is 2.10. The van der Waals surface area contributed by atoms with Crippen molar-refractivity contribution < 1.29 is 14.7 Å². The second kappa shape index (κ2) is 16.6. The lowest BCUT2D eigenvalue weighted by Gasteiger charge is -2.13. The fourth-order valence-corrected chi connectivity index (χ4v) is 2.75. The summed E-state index contributed by atoms with van der Waals surface area (Å²) in [5, 5.41) is 12.3. The Balaban J connectivity index is 3.48. The summed E-state index contributed by atoms with van der Waals surface area (Å²) >= 11 is 0. The van der Waals surface area contributed by atoms with Gasteiger partial charge in [0.1, 0.15) is 6.04 Å². The van der Waals surface area contributed by atoms with Crippen LogP contribution in [0.1, 0.15) is 77.0 Å². The minimum atomic E-state index is -0.828. The molecule has 0 aliphatic heterocycles. The van der Waals surface area contributed by atoms with Crippen molar-refractivity contribution in [2.75, 3.05) is 13.1 Å². The number of carbonyl (C=O) groups excluding carboxylic acids is 1. The Hall–Kier alpha value is -1.83. The predicted molar refractivity (Wildman–Crippen MR) is 105 cm³/mol. The molecule has 152 valence electrons.